The lowest BCUT2D eigenvalue weighted by Gasteiger charge is -2.23. The van der Waals surface area contributed by atoms with Crippen LogP contribution in [-0.2, 0) is 0 Å². The highest BCUT2D eigenvalue weighted by Crippen LogP contribution is 2.16. The zero-order valence-electron chi connectivity index (χ0n) is 11.6. The second-order valence-electron chi connectivity index (χ2n) is 5.10. The number of halogens is 2. The number of piperidine rings is 1. The second-order valence-corrected chi connectivity index (χ2v) is 5.50. The highest BCUT2D eigenvalue weighted by atomic mass is 35.5. The first-order valence-electron chi connectivity index (χ1n) is 6.62. The van der Waals surface area contributed by atoms with Gasteiger partial charge in [0.2, 0.25) is 0 Å². The molecule has 1 aromatic rings. The van der Waals surface area contributed by atoms with E-state index in [9.17, 15) is 4.79 Å². The summed E-state index contributed by atoms with van der Waals surface area (Å²) in [7, 11) is 0. The predicted molar refractivity (Wildman–Crippen MR) is 81.7 cm³/mol. The number of rotatable bonds is 3. The molecule has 0 bridgehead atoms. The molecule has 112 valence electrons. The number of nitrogens with one attached hydrogen (secondary N) is 2. The van der Waals surface area contributed by atoms with Crippen molar-refractivity contribution >= 4 is 29.9 Å². The summed E-state index contributed by atoms with van der Waals surface area (Å²) in [6.45, 7) is 5.77. The SMILES string of the molecule is CC(C)c1ncc(Cl)c(C(=O)NC2CCCNC2)n1.Cl. The van der Waals surface area contributed by atoms with Crippen LogP contribution >= 0.6 is 24.0 Å². The Balaban J connectivity index is 0.00000200. The lowest BCUT2D eigenvalue weighted by molar-refractivity contribution is 0.0925. The summed E-state index contributed by atoms with van der Waals surface area (Å²) in [5.74, 6) is 0.583. The summed E-state index contributed by atoms with van der Waals surface area (Å²) in [4.78, 5) is 20.6. The number of nitrogens with zero attached hydrogens (tertiary/aromatic N) is 2. The van der Waals surface area contributed by atoms with Crippen LogP contribution in [0.4, 0.5) is 0 Å². The maximum absolute atomic E-state index is 12.2. The van der Waals surface area contributed by atoms with E-state index in [4.69, 9.17) is 11.6 Å². The molecule has 0 spiro atoms. The number of hydrogen-bond donors (Lipinski definition) is 2. The molecule has 0 aromatic carbocycles. The van der Waals surface area contributed by atoms with Gasteiger partial charge in [0.1, 0.15) is 11.5 Å². The standard InChI is InChI=1S/C13H19ClN4O.ClH/c1-8(2)12-16-7-10(14)11(18-12)13(19)17-9-4-3-5-15-6-9;/h7-9,15H,3-6H2,1-2H3,(H,17,19);1H. The minimum Gasteiger partial charge on any atom is -0.347 e. The Hall–Kier alpha value is -0.910. The van der Waals surface area contributed by atoms with E-state index in [1.807, 2.05) is 13.8 Å². The van der Waals surface area contributed by atoms with Crippen LogP contribution in [0.25, 0.3) is 0 Å². The molecule has 20 heavy (non-hydrogen) atoms. The number of hydrogen-bond acceptors (Lipinski definition) is 4. The minimum absolute atomic E-state index is 0. The highest BCUT2D eigenvalue weighted by molar-refractivity contribution is 6.33. The van der Waals surface area contributed by atoms with Crippen molar-refractivity contribution in [2.24, 2.45) is 0 Å². The van der Waals surface area contributed by atoms with E-state index < -0.39 is 0 Å². The average Bonchev–Trinajstić information content (AvgIpc) is 2.40. The molecule has 0 saturated carbocycles. The zero-order chi connectivity index (χ0) is 13.8. The summed E-state index contributed by atoms with van der Waals surface area (Å²) in [5, 5.41) is 6.52. The van der Waals surface area contributed by atoms with Gasteiger partial charge in [0.05, 0.1) is 11.2 Å². The third kappa shape index (κ3) is 4.30. The number of aromatic nitrogens is 2. The fraction of sp³-hybridized carbons (Fsp3) is 0.615. The van der Waals surface area contributed by atoms with Gasteiger partial charge in [-0.25, -0.2) is 9.97 Å². The largest absolute Gasteiger partial charge is 0.347 e. The van der Waals surface area contributed by atoms with E-state index in [1.165, 1.54) is 6.20 Å². The lowest BCUT2D eigenvalue weighted by atomic mass is 10.1. The topological polar surface area (TPSA) is 66.9 Å². The molecule has 1 atom stereocenters. The first kappa shape index (κ1) is 17.1. The summed E-state index contributed by atoms with van der Waals surface area (Å²) in [6.07, 6.45) is 3.55. The molecular formula is C13H20Cl2N4O. The van der Waals surface area contributed by atoms with Crippen LogP contribution in [-0.4, -0.2) is 35.0 Å². The van der Waals surface area contributed by atoms with Crippen molar-refractivity contribution in [1.29, 1.82) is 0 Å². The van der Waals surface area contributed by atoms with Gasteiger partial charge < -0.3 is 10.6 Å². The lowest BCUT2D eigenvalue weighted by Crippen LogP contribution is -2.45. The van der Waals surface area contributed by atoms with Crippen LogP contribution in [0.3, 0.4) is 0 Å². The molecule has 1 aliphatic rings. The first-order valence-corrected chi connectivity index (χ1v) is 6.99. The van der Waals surface area contributed by atoms with Crippen molar-refractivity contribution < 1.29 is 4.79 Å². The molecule has 1 aliphatic heterocycles. The Morgan fingerprint density at radius 2 is 2.30 bits per heavy atom. The second kappa shape index (κ2) is 7.76. The van der Waals surface area contributed by atoms with Gasteiger partial charge in [-0.1, -0.05) is 25.4 Å². The Labute approximate surface area is 130 Å². The molecule has 7 heteroatoms. The van der Waals surface area contributed by atoms with Gasteiger partial charge in [-0.15, -0.1) is 12.4 Å². The summed E-state index contributed by atoms with van der Waals surface area (Å²) in [6, 6.07) is 0.148. The third-order valence-corrected chi connectivity index (χ3v) is 3.40. The molecular weight excluding hydrogens is 299 g/mol. The molecule has 2 rings (SSSR count). The Bertz CT molecular complexity index is 462. The zero-order valence-corrected chi connectivity index (χ0v) is 13.2. The van der Waals surface area contributed by atoms with Crippen molar-refractivity contribution in [3.05, 3.63) is 22.7 Å². The van der Waals surface area contributed by atoms with Gasteiger partial charge in [0.15, 0.2) is 0 Å². The van der Waals surface area contributed by atoms with Crippen LogP contribution < -0.4 is 10.6 Å². The van der Waals surface area contributed by atoms with Gasteiger partial charge in [0, 0.05) is 18.5 Å². The number of carbonyl (C=O) groups excluding carboxylic acids is 1. The molecule has 1 saturated heterocycles. The van der Waals surface area contributed by atoms with Gasteiger partial charge in [-0.2, -0.15) is 0 Å². The molecule has 2 heterocycles. The fourth-order valence-electron chi connectivity index (χ4n) is 2.05. The van der Waals surface area contributed by atoms with Crippen molar-refractivity contribution in [3.63, 3.8) is 0 Å². The molecule has 2 N–H and O–H groups in total. The maximum atomic E-state index is 12.2. The van der Waals surface area contributed by atoms with Crippen molar-refractivity contribution in [2.45, 2.75) is 38.6 Å². The van der Waals surface area contributed by atoms with E-state index in [0.29, 0.717) is 10.8 Å². The number of carbonyl (C=O) groups is 1. The normalized spacial score (nSPS) is 18.5. The molecule has 0 radical (unpaired) electrons. The summed E-state index contributed by atoms with van der Waals surface area (Å²) < 4.78 is 0. The molecule has 1 aromatic heterocycles. The van der Waals surface area contributed by atoms with Crippen molar-refractivity contribution in [1.82, 2.24) is 20.6 Å². The minimum atomic E-state index is -0.219. The number of amides is 1. The predicted octanol–water partition coefficient (Wildman–Crippen LogP) is 2.16. The molecule has 0 aliphatic carbocycles. The van der Waals surface area contributed by atoms with E-state index >= 15 is 0 Å². The molecule has 1 fully saturated rings. The first-order chi connectivity index (χ1) is 9.08. The van der Waals surface area contributed by atoms with E-state index in [1.54, 1.807) is 0 Å². The van der Waals surface area contributed by atoms with Gasteiger partial charge >= 0.3 is 0 Å². The van der Waals surface area contributed by atoms with Crippen LogP contribution in [0.15, 0.2) is 6.20 Å². The van der Waals surface area contributed by atoms with Gasteiger partial charge in [-0.3, -0.25) is 4.79 Å². The van der Waals surface area contributed by atoms with E-state index in [0.717, 1.165) is 25.9 Å². The summed E-state index contributed by atoms with van der Waals surface area (Å²) in [5.41, 5.74) is 0.269. The van der Waals surface area contributed by atoms with Crippen LogP contribution in [0, 0.1) is 0 Å². The van der Waals surface area contributed by atoms with Crippen LogP contribution in [0.2, 0.25) is 5.02 Å². The van der Waals surface area contributed by atoms with E-state index in [2.05, 4.69) is 20.6 Å². The fourth-order valence-corrected chi connectivity index (χ4v) is 2.22. The Morgan fingerprint density at radius 3 is 2.90 bits per heavy atom. The quantitative estimate of drug-likeness (QED) is 0.896. The van der Waals surface area contributed by atoms with Crippen LogP contribution in [0.5, 0.6) is 0 Å². The molecule has 1 amide bonds. The smallest absolute Gasteiger partial charge is 0.271 e. The van der Waals surface area contributed by atoms with Gasteiger partial charge in [-0.05, 0) is 19.4 Å². The molecule has 1 unspecified atom stereocenters. The maximum Gasteiger partial charge on any atom is 0.271 e. The Morgan fingerprint density at radius 1 is 1.55 bits per heavy atom. The Kier molecular flexibility index (Phi) is 6.65. The summed E-state index contributed by atoms with van der Waals surface area (Å²) >= 11 is 6.01. The average molecular weight is 319 g/mol. The van der Waals surface area contributed by atoms with E-state index in [-0.39, 0.29) is 36.0 Å². The monoisotopic (exact) mass is 318 g/mol. The van der Waals surface area contributed by atoms with Gasteiger partial charge in [0.25, 0.3) is 5.91 Å². The van der Waals surface area contributed by atoms with Crippen LogP contribution in [0.1, 0.15) is 48.9 Å². The highest BCUT2D eigenvalue weighted by Gasteiger charge is 2.20. The van der Waals surface area contributed by atoms with Crippen molar-refractivity contribution in [3.8, 4) is 0 Å². The van der Waals surface area contributed by atoms with Crippen molar-refractivity contribution in [2.75, 3.05) is 13.1 Å². The molecule has 5 nitrogen and oxygen atoms in total. The third-order valence-electron chi connectivity index (χ3n) is 3.13.